The van der Waals surface area contributed by atoms with Crippen molar-refractivity contribution < 1.29 is 14.3 Å². The van der Waals surface area contributed by atoms with Crippen molar-refractivity contribution in [3.05, 3.63) is 100 Å². The van der Waals surface area contributed by atoms with Gasteiger partial charge < -0.3 is 15.0 Å². The second-order valence-electron chi connectivity index (χ2n) is 8.41. The van der Waals surface area contributed by atoms with E-state index in [1.54, 1.807) is 41.3 Å². The number of hydrogen-bond acceptors (Lipinski definition) is 3. The second-order valence-corrected chi connectivity index (χ2v) is 9.29. The highest BCUT2D eigenvalue weighted by Gasteiger charge is 2.31. The summed E-state index contributed by atoms with van der Waals surface area (Å²) in [5.74, 6) is 0.0324. The third-order valence-corrected chi connectivity index (χ3v) is 6.22. The smallest absolute Gasteiger partial charge is 0.261 e. The molecule has 2 atom stereocenters. The average molecular weight is 513 g/mol. The van der Waals surface area contributed by atoms with Crippen LogP contribution in [0.15, 0.2) is 78.9 Å². The largest absolute Gasteiger partial charge is 0.484 e. The molecule has 0 unspecified atom stereocenters. The summed E-state index contributed by atoms with van der Waals surface area (Å²) in [7, 11) is 0. The molecule has 0 heterocycles. The molecule has 3 aromatic rings. The molecule has 0 spiro atoms. The zero-order chi connectivity index (χ0) is 25.2. The monoisotopic (exact) mass is 512 g/mol. The van der Waals surface area contributed by atoms with Crippen LogP contribution < -0.4 is 10.1 Å². The number of benzene rings is 3. The van der Waals surface area contributed by atoms with Gasteiger partial charge in [0, 0.05) is 29.1 Å². The first-order valence-corrected chi connectivity index (χ1v) is 12.4. The van der Waals surface area contributed by atoms with Crippen molar-refractivity contribution in [1.82, 2.24) is 10.2 Å². The molecule has 2 amide bonds. The Labute approximate surface area is 217 Å². The van der Waals surface area contributed by atoms with Crippen molar-refractivity contribution in [1.29, 1.82) is 0 Å². The van der Waals surface area contributed by atoms with Crippen molar-refractivity contribution in [2.75, 3.05) is 6.61 Å². The highest BCUT2D eigenvalue weighted by atomic mass is 35.5. The Kier molecular flexibility index (Phi) is 10.0. The lowest BCUT2D eigenvalue weighted by Gasteiger charge is -2.32. The molecule has 7 heteroatoms. The first kappa shape index (κ1) is 26.6. The summed E-state index contributed by atoms with van der Waals surface area (Å²) in [6.45, 7) is 3.99. The molecule has 0 aliphatic heterocycles. The van der Waals surface area contributed by atoms with Crippen LogP contribution in [0.3, 0.4) is 0 Å². The second kappa shape index (κ2) is 13.2. The molecule has 184 valence electrons. The van der Waals surface area contributed by atoms with Crippen LogP contribution in [-0.2, 0) is 22.6 Å². The minimum Gasteiger partial charge on any atom is -0.484 e. The Morgan fingerprint density at radius 2 is 1.49 bits per heavy atom. The maximum atomic E-state index is 13.5. The predicted molar refractivity (Wildman–Crippen MR) is 141 cm³/mol. The van der Waals surface area contributed by atoms with Gasteiger partial charge in [-0.1, -0.05) is 72.6 Å². The van der Waals surface area contributed by atoms with E-state index in [1.807, 2.05) is 56.3 Å². The predicted octanol–water partition coefficient (Wildman–Crippen LogP) is 5.93. The molecule has 3 aromatic carbocycles. The molecule has 0 aliphatic rings. The number of hydrogen-bond donors (Lipinski definition) is 1. The summed E-state index contributed by atoms with van der Waals surface area (Å²) in [5.41, 5.74) is 1.83. The summed E-state index contributed by atoms with van der Waals surface area (Å²) in [6, 6.07) is 23.0. The Morgan fingerprint density at radius 3 is 2.09 bits per heavy atom. The van der Waals surface area contributed by atoms with Gasteiger partial charge in [-0.25, -0.2) is 0 Å². The van der Waals surface area contributed by atoms with Gasteiger partial charge in [0.15, 0.2) is 6.61 Å². The molecule has 0 saturated carbocycles. The van der Waals surface area contributed by atoms with Gasteiger partial charge >= 0.3 is 0 Å². The van der Waals surface area contributed by atoms with Crippen LogP contribution in [0, 0.1) is 0 Å². The molecule has 5 nitrogen and oxygen atoms in total. The van der Waals surface area contributed by atoms with Gasteiger partial charge in [0.2, 0.25) is 5.91 Å². The van der Waals surface area contributed by atoms with Crippen LogP contribution in [-0.4, -0.2) is 35.4 Å². The molecular weight excluding hydrogens is 483 g/mol. The van der Waals surface area contributed by atoms with Gasteiger partial charge in [-0.3, -0.25) is 9.59 Å². The molecule has 3 rings (SSSR count). The first-order chi connectivity index (χ1) is 16.9. The Hall–Kier alpha value is -3.02. The first-order valence-electron chi connectivity index (χ1n) is 11.6. The molecule has 0 radical (unpaired) electrons. The van der Waals surface area contributed by atoms with Gasteiger partial charge in [0.25, 0.3) is 5.91 Å². The number of carbonyl (C=O) groups is 2. The van der Waals surface area contributed by atoms with Crippen LogP contribution in [0.5, 0.6) is 5.75 Å². The number of halogens is 2. The van der Waals surface area contributed by atoms with Crippen LogP contribution in [0.25, 0.3) is 0 Å². The van der Waals surface area contributed by atoms with Crippen LogP contribution >= 0.6 is 23.2 Å². The van der Waals surface area contributed by atoms with Crippen LogP contribution in [0.4, 0.5) is 0 Å². The fourth-order valence-electron chi connectivity index (χ4n) is 3.54. The van der Waals surface area contributed by atoms with Gasteiger partial charge in [-0.2, -0.15) is 0 Å². The Balaban J connectivity index is 1.89. The van der Waals surface area contributed by atoms with Gasteiger partial charge in [-0.05, 0) is 60.9 Å². The Morgan fingerprint density at radius 1 is 0.886 bits per heavy atom. The number of carbonyl (C=O) groups excluding carboxylic acids is 2. The maximum Gasteiger partial charge on any atom is 0.261 e. The lowest BCUT2D eigenvalue weighted by Crippen LogP contribution is -2.53. The standard InChI is InChI=1S/C28H30Cl2N2O3/c1-3-20(2)31-28(34)26(17-21-7-5-4-6-8-21)32(18-22-9-11-23(29)12-10-22)27(33)19-35-25-15-13-24(30)14-16-25/h4-16,20,26H,3,17-19H2,1-2H3,(H,31,34)/t20-,26-/m0/s1. The lowest BCUT2D eigenvalue weighted by molar-refractivity contribution is -0.143. The van der Waals surface area contributed by atoms with E-state index in [2.05, 4.69) is 5.32 Å². The summed E-state index contributed by atoms with van der Waals surface area (Å²) in [6.07, 6.45) is 1.16. The summed E-state index contributed by atoms with van der Waals surface area (Å²) < 4.78 is 5.74. The van der Waals surface area contributed by atoms with E-state index in [1.165, 1.54) is 0 Å². The molecule has 1 N–H and O–H groups in total. The van der Waals surface area contributed by atoms with Crippen LogP contribution in [0.1, 0.15) is 31.4 Å². The van der Waals surface area contributed by atoms with E-state index in [9.17, 15) is 9.59 Å². The third-order valence-electron chi connectivity index (χ3n) is 5.71. The summed E-state index contributed by atoms with van der Waals surface area (Å²) >= 11 is 12.0. The van der Waals surface area contributed by atoms with Gasteiger partial charge in [0.05, 0.1) is 0 Å². The van der Waals surface area contributed by atoms with Crippen molar-refractivity contribution in [3.63, 3.8) is 0 Å². The highest BCUT2D eigenvalue weighted by molar-refractivity contribution is 6.30. The van der Waals surface area contributed by atoms with Crippen molar-refractivity contribution in [2.24, 2.45) is 0 Å². The molecule has 0 aromatic heterocycles. The number of nitrogens with zero attached hydrogens (tertiary/aromatic N) is 1. The van der Waals surface area contributed by atoms with E-state index >= 15 is 0 Å². The fourth-order valence-corrected chi connectivity index (χ4v) is 3.79. The molecule has 35 heavy (non-hydrogen) atoms. The molecular formula is C28H30Cl2N2O3. The van der Waals surface area contributed by atoms with Gasteiger partial charge in [-0.15, -0.1) is 0 Å². The molecule has 0 fully saturated rings. The minimum absolute atomic E-state index is 0.0152. The number of amides is 2. The lowest BCUT2D eigenvalue weighted by atomic mass is 10.0. The average Bonchev–Trinajstić information content (AvgIpc) is 2.87. The third kappa shape index (κ3) is 8.30. The van der Waals surface area contributed by atoms with Crippen LogP contribution in [0.2, 0.25) is 10.0 Å². The number of ether oxygens (including phenoxy) is 1. The van der Waals surface area contributed by atoms with Crippen molar-refractivity contribution in [3.8, 4) is 5.75 Å². The van der Waals surface area contributed by atoms with Crippen molar-refractivity contribution in [2.45, 2.75) is 45.3 Å². The highest BCUT2D eigenvalue weighted by Crippen LogP contribution is 2.19. The van der Waals surface area contributed by atoms with E-state index in [0.29, 0.717) is 22.2 Å². The minimum atomic E-state index is -0.719. The topological polar surface area (TPSA) is 58.6 Å². The SMILES string of the molecule is CC[C@H](C)NC(=O)[C@H](Cc1ccccc1)N(Cc1ccc(Cl)cc1)C(=O)COc1ccc(Cl)cc1. The van der Waals surface area contributed by atoms with E-state index in [4.69, 9.17) is 27.9 Å². The van der Waals surface area contributed by atoms with E-state index < -0.39 is 6.04 Å². The van der Waals surface area contributed by atoms with Gasteiger partial charge in [0.1, 0.15) is 11.8 Å². The normalized spacial score (nSPS) is 12.5. The molecule has 0 bridgehead atoms. The number of nitrogens with one attached hydrogen (secondary N) is 1. The Bertz CT molecular complexity index is 1090. The van der Waals surface area contributed by atoms with E-state index in [-0.39, 0.29) is 31.0 Å². The van der Waals surface area contributed by atoms with E-state index in [0.717, 1.165) is 17.5 Å². The number of rotatable bonds is 11. The molecule has 0 aliphatic carbocycles. The summed E-state index contributed by atoms with van der Waals surface area (Å²) in [4.78, 5) is 28.5. The molecule has 0 saturated heterocycles. The zero-order valence-corrected chi connectivity index (χ0v) is 21.4. The van der Waals surface area contributed by atoms with Crippen molar-refractivity contribution >= 4 is 35.0 Å². The fraction of sp³-hybridized carbons (Fsp3) is 0.286. The quantitative estimate of drug-likeness (QED) is 0.346. The zero-order valence-electron chi connectivity index (χ0n) is 19.9. The maximum absolute atomic E-state index is 13.5. The summed E-state index contributed by atoms with van der Waals surface area (Å²) in [5, 5.41) is 4.24.